The zero-order valence-corrected chi connectivity index (χ0v) is 6.04. The number of alkyl halides is 1. The first-order valence-corrected chi connectivity index (χ1v) is 2.96. The van der Waals surface area contributed by atoms with Crippen LogP contribution in [0.3, 0.4) is 0 Å². The molecule has 0 spiro atoms. The molecule has 0 amide bonds. The second kappa shape index (κ2) is 3.09. The van der Waals surface area contributed by atoms with Crippen LogP contribution in [0.5, 0.6) is 0 Å². The highest BCUT2D eigenvalue weighted by atomic mass is 79.9. The van der Waals surface area contributed by atoms with Gasteiger partial charge in [-0.05, 0) is 0 Å². The van der Waals surface area contributed by atoms with Crippen LogP contribution >= 0.6 is 15.9 Å². The van der Waals surface area contributed by atoms with Crippen LogP contribution in [0.25, 0.3) is 0 Å². The lowest BCUT2D eigenvalue weighted by Gasteiger charge is -2.08. The second-order valence-corrected chi connectivity index (χ2v) is 2.72. The number of aliphatic hydroxyl groups is 2. The van der Waals surface area contributed by atoms with Crippen molar-refractivity contribution in [2.75, 3.05) is 6.61 Å². The maximum atomic E-state index is 9.81. The highest BCUT2D eigenvalue weighted by molar-refractivity contribution is 9.09. The fourth-order valence-corrected chi connectivity index (χ4v) is 0.411. The molecular weight excluding hydrogens is 194 g/mol. The zero-order valence-electron chi connectivity index (χ0n) is 4.45. The van der Waals surface area contributed by atoms with Gasteiger partial charge in [-0.2, -0.15) is 0 Å². The van der Waals surface area contributed by atoms with E-state index in [4.69, 9.17) is 10.2 Å². The van der Waals surface area contributed by atoms with Crippen molar-refractivity contribution in [1.29, 1.82) is 0 Å². The van der Waals surface area contributed by atoms with Crippen LogP contribution in [0.15, 0.2) is 0 Å². The predicted molar refractivity (Wildman–Crippen MR) is 32.6 cm³/mol. The van der Waals surface area contributed by atoms with Crippen molar-refractivity contribution in [3.05, 3.63) is 10.1 Å². The summed E-state index contributed by atoms with van der Waals surface area (Å²) in [5, 5.41) is 26.6. The Morgan fingerprint density at radius 3 is 2.33 bits per heavy atom. The van der Waals surface area contributed by atoms with Crippen molar-refractivity contribution in [3.63, 3.8) is 0 Å². The Morgan fingerprint density at radius 2 is 2.22 bits per heavy atom. The lowest BCUT2D eigenvalue weighted by atomic mass is 10.4. The van der Waals surface area contributed by atoms with Gasteiger partial charge >= 0.3 is 4.63 Å². The van der Waals surface area contributed by atoms with E-state index in [0.717, 1.165) is 0 Å². The largest absolute Gasteiger partial charge is 0.396 e. The third-order valence-corrected chi connectivity index (χ3v) is 1.40. The molecule has 0 bridgehead atoms. The number of aliphatic hydroxyl groups excluding tert-OH is 1. The summed E-state index contributed by atoms with van der Waals surface area (Å²) >= 11 is 2.40. The molecule has 0 aromatic rings. The minimum atomic E-state index is -2.16. The molecule has 1 atom stereocenters. The molecule has 0 rings (SSSR count). The van der Waals surface area contributed by atoms with Gasteiger partial charge < -0.3 is 10.2 Å². The molecule has 1 unspecified atom stereocenters. The number of nitrogens with zero attached hydrogens (tertiary/aromatic N) is 1. The molecule has 0 aromatic carbocycles. The topological polar surface area (TPSA) is 83.6 Å². The first-order chi connectivity index (χ1) is 4.00. The average Bonchev–Trinajstić information content (AvgIpc) is 1.65. The summed E-state index contributed by atoms with van der Waals surface area (Å²) in [6, 6.07) is 0. The van der Waals surface area contributed by atoms with Crippen molar-refractivity contribution < 1.29 is 15.1 Å². The van der Waals surface area contributed by atoms with Crippen molar-refractivity contribution in [3.8, 4) is 0 Å². The number of halogens is 1. The highest BCUT2D eigenvalue weighted by Gasteiger charge is 2.35. The summed E-state index contributed by atoms with van der Waals surface area (Å²) in [6.45, 7) is -0.428. The molecule has 2 N–H and O–H groups in total. The number of rotatable bonds is 3. The smallest absolute Gasteiger partial charge is 0.380 e. The number of hydrogen-bond donors (Lipinski definition) is 2. The van der Waals surface area contributed by atoms with Gasteiger partial charge in [0.15, 0.2) is 0 Å². The highest BCUT2D eigenvalue weighted by Crippen LogP contribution is 2.17. The molecule has 0 heterocycles. The van der Waals surface area contributed by atoms with Gasteiger partial charge in [-0.15, -0.1) is 0 Å². The normalized spacial score (nSPS) is 16.8. The van der Waals surface area contributed by atoms with Crippen LogP contribution in [0.2, 0.25) is 0 Å². The van der Waals surface area contributed by atoms with Gasteiger partial charge in [-0.3, -0.25) is 10.1 Å². The fraction of sp³-hybridized carbons (Fsp3) is 1.00. The van der Waals surface area contributed by atoms with E-state index in [0.29, 0.717) is 0 Å². The molecule has 9 heavy (non-hydrogen) atoms. The van der Waals surface area contributed by atoms with E-state index >= 15 is 0 Å². The van der Waals surface area contributed by atoms with Crippen LogP contribution in [0.1, 0.15) is 6.42 Å². The first-order valence-electron chi connectivity index (χ1n) is 2.17. The van der Waals surface area contributed by atoms with E-state index in [1.807, 2.05) is 0 Å². The third-order valence-electron chi connectivity index (χ3n) is 0.710. The van der Waals surface area contributed by atoms with Crippen molar-refractivity contribution in [1.82, 2.24) is 0 Å². The van der Waals surface area contributed by atoms with Gasteiger partial charge in [0, 0.05) is 15.9 Å². The number of hydrogen-bond acceptors (Lipinski definition) is 4. The lowest BCUT2D eigenvalue weighted by molar-refractivity contribution is -0.586. The predicted octanol–water partition coefficient (Wildman–Crippen LogP) is -0.314. The Morgan fingerprint density at radius 1 is 1.78 bits per heavy atom. The third kappa shape index (κ3) is 2.73. The zero-order chi connectivity index (χ0) is 7.49. The molecule has 54 valence electrons. The summed E-state index contributed by atoms with van der Waals surface area (Å²) in [7, 11) is 0. The fourth-order valence-electron chi connectivity index (χ4n) is 0.234. The summed E-state index contributed by atoms with van der Waals surface area (Å²) in [4.78, 5) is 8.90. The molecule has 0 aromatic heterocycles. The minimum absolute atomic E-state index is 0.319. The van der Waals surface area contributed by atoms with Gasteiger partial charge in [0.1, 0.15) is 0 Å². The molecule has 0 aliphatic heterocycles. The van der Waals surface area contributed by atoms with Crippen LogP contribution in [0.4, 0.5) is 0 Å². The summed E-state index contributed by atoms with van der Waals surface area (Å²) in [5.41, 5.74) is 0. The number of nitro groups is 1. The molecule has 0 aliphatic rings. The van der Waals surface area contributed by atoms with E-state index in [1.54, 1.807) is 0 Å². The van der Waals surface area contributed by atoms with Gasteiger partial charge in [0.25, 0.3) is 0 Å². The maximum Gasteiger partial charge on any atom is 0.380 e. The van der Waals surface area contributed by atoms with Gasteiger partial charge in [-0.25, -0.2) is 0 Å². The Labute approximate surface area is 59.6 Å². The molecule has 6 heteroatoms. The second-order valence-electron chi connectivity index (χ2n) is 1.45. The van der Waals surface area contributed by atoms with Gasteiger partial charge in [0.2, 0.25) is 0 Å². The van der Waals surface area contributed by atoms with Crippen molar-refractivity contribution in [2.24, 2.45) is 0 Å². The summed E-state index contributed by atoms with van der Waals surface area (Å²) in [5.74, 6) is 0. The molecular formula is C3H6BrNO4. The van der Waals surface area contributed by atoms with Crippen molar-refractivity contribution in [2.45, 2.75) is 11.1 Å². The van der Waals surface area contributed by atoms with Crippen LogP contribution in [0, 0.1) is 10.1 Å². The Balaban J connectivity index is 3.85. The Kier molecular flexibility index (Phi) is 3.02. The van der Waals surface area contributed by atoms with Crippen LogP contribution in [-0.4, -0.2) is 26.4 Å². The lowest BCUT2D eigenvalue weighted by Crippen LogP contribution is -2.31. The Bertz CT molecular complexity index is 114. The van der Waals surface area contributed by atoms with Crippen LogP contribution < -0.4 is 0 Å². The van der Waals surface area contributed by atoms with E-state index in [9.17, 15) is 10.1 Å². The van der Waals surface area contributed by atoms with Gasteiger partial charge in [0.05, 0.1) is 18.0 Å². The standard InChI is InChI=1S/C3H6BrNO4/c4-3(7,1-2-6)5(8)9/h6-7H,1-2H2. The molecule has 0 aliphatic carbocycles. The SMILES string of the molecule is O=[N+]([O-])C(O)(Br)CCO. The van der Waals surface area contributed by atoms with Crippen LogP contribution in [-0.2, 0) is 0 Å². The van der Waals surface area contributed by atoms with Gasteiger partial charge in [-0.1, -0.05) is 0 Å². The van der Waals surface area contributed by atoms with E-state index in [1.165, 1.54) is 0 Å². The molecule has 0 saturated heterocycles. The van der Waals surface area contributed by atoms with Crippen molar-refractivity contribution >= 4 is 15.9 Å². The average molecular weight is 200 g/mol. The Hall–Kier alpha value is -0.200. The molecule has 0 radical (unpaired) electrons. The quantitative estimate of drug-likeness (QED) is 0.215. The monoisotopic (exact) mass is 199 g/mol. The van der Waals surface area contributed by atoms with E-state index in [-0.39, 0.29) is 6.42 Å². The molecule has 0 saturated carbocycles. The summed E-state index contributed by atoms with van der Waals surface area (Å²) in [6.07, 6.45) is -0.319. The summed E-state index contributed by atoms with van der Waals surface area (Å²) < 4.78 is -2.16. The van der Waals surface area contributed by atoms with E-state index in [2.05, 4.69) is 15.9 Å². The maximum absolute atomic E-state index is 9.81. The first kappa shape index (κ1) is 8.80. The molecule has 5 nitrogen and oxygen atoms in total. The minimum Gasteiger partial charge on any atom is -0.396 e. The molecule has 0 fully saturated rings. The van der Waals surface area contributed by atoms with E-state index < -0.39 is 16.2 Å².